The SMILES string of the molecule is COc1cccc(N2CCC(Nc3nccc(CO)n3)C2)c1. The molecule has 1 aromatic carbocycles. The van der Waals surface area contributed by atoms with Crippen molar-refractivity contribution in [3.63, 3.8) is 0 Å². The molecule has 0 saturated carbocycles. The number of hydrogen-bond donors (Lipinski definition) is 2. The number of benzene rings is 1. The summed E-state index contributed by atoms with van der Waals surface area (Å²) in [6, 6.07) is 10.1. The topological polar surface area (TPSA) is 70.5 Å². The average Bonchev–Trinajstić information content (AvgIpc) is 3.03. The zero-order valence-corrected chi connectivity index (χ0v) is 12.6. The fourth-order valence-corrected chi connectivity index (χ4v) is 2.66. The zero-order valence-electron chi connectivity index (χ0n) is 12.6. The lowest BCUT2D eigenvalue weighted by atomic mass is 10.2. The van der Waals surface area contributed by atoms with Gasteiger partial charge in [0.1, 0.15) is 5.75 Å². The summed E-state index contributed by atoms with van der Waals surface area (Å²) in [6.07, 6.45) is 2.68. The van der Waals surface area contributed by atoms with E-state index in [1.165, 1.54) is 0 Å². The first kappa shape index (κ1) is 14.6. The molecule has 2 N–H and O–H groups in total. The molecule has 1 unspecified atom stereocenters. The van der Waals surface area contributed by atoms with Crippen LogP contribution < -0.4 is 15.0 Å². The lowest BCUT2D eigenvalue weighted by Crippen LogP contribution is -2.26. The van der Waals surface area contributed by atoms with Crippen LogP contribution in [0.5, 0.6) is 5.75 Å². The zero-order chi connectivity index (χ0) is 15.4. The van der Waals surface area contributed by atoms with Gasteiger partial charge in [0.25, 0.3) is 0 Å². The van der Waals surface area contributed by atoms with E-state index in [0.29, 0.717) is 17.7 Å². The Hall–Kier alpha value is -2.34. The third-order valence-electron chi connectivity index (χ3n) is 3.82. The third-order valence-corrected chi connectivity index (χ3v) is 3.82. The van der Waals surface area contributed by atoms with Crippen LogP contribution in [0.3, 0.4) is 0 Å². The lowest BCUT2D eigenvalue weighted by molar-refractivity contribution is 0.277. The number of nitrogens with zero attached hydrogens (tertiary/aromatic N) is 3. The predicted octanol–water partition coefficient (Wildman–Crippen LogP) is 1.67. The molecule has 6 heteroatoms. The second kappa shape index (κ2) is 6.62. The molecule has 1 fully saturated rings. The fraction of sp³-hybridized carbons (Fsp3) is 0.375. The summed E-state index contributed by atoms with van der Waals surface area (Å²) in [5, 5.41) is 12.5. The van der Waals surface area contributed by atoms with Crippen molar-refractivity contribution in [2.75, 3.05) is 30.4 Å². The van der Waals surface area contributed by atoms with Crippen molar-refractivity contribution in [2.24, 2.45) is 0 Å². The lowest BCUT2D eigenvalue weighted by Gasteiger charge is -2.19. The first-order valence-electron chi connectivity index (χ1n) is 7.37. The Bertz CT molecular complexity index is 635. The summed E-state index contributed by atoms with van der Waals surface area (Å²) in [5.41, 5.74) is 1.79. The molecule has 0 spiro atoms. The van der Waals surface area contributed by atoms with Crippen LogP contribution in [-0.2, 0) is 6.61 Å². The molecule has 0 amide bonds. The Kier molecular flexibility index (Phi) is 4.39. The number of aliphatic hydroxyl groups excluding tert-OH is 1. The van der Waals surface area contributed by atoms with E-state index in [1.807, 2.05) is 18.2 Å². The molecule has 3 rings (SSSR count). The molecule has 1 aliphatic rings. The highest BCUT2D eigenvalue weighted by Gasteiger charge is 2.23. The molecule has 1 aromatic heterocycles. The van der Waals surface area contributed by atoms with Gasteiger partial charge in [0, 0.05) is 37.1 Å². The molecule has 0 radical (unpaired) electrons. The van der Waals surface area contributed by atoms with Crippen LogP contribution in [-0.4, -0.2) is 41.3 Å². The molecule has 1 saturated heterocycles. The number of ether oxygens (including phenoxy) is 1. The van der Waals surface area contributed by atoms with Crippen LogP contribution in [0.15, 0.2) is 36.5 Å². The molecule has 0 bridgehead atoms. The van der Waals surface area contributed by atoms with Gasteiger partial charge in [0.2, 0.25) is 5.95 Å². The van der Waals surface area contributed by atoms with Crippen LogP contribution in [0.1, 0.15) is 12.1 Å². The summed E-state index contributed by atoms with van der Waals surface area (Å²) in [4.78, 5) is 10.8. The first-order valence-corrected chi connectivity index (χ1v) is 7.37. The van der Waals surface area contributed by atoms with Crippen molar-refractivity contribution in [1.29, 1.82) is 0 Å². The van der Waals surface area contributed by atoms with Gasteiger partial charge in [-0.25, -0.2) is 9.97 Å². The summed E-state index contributed by atoms with van der Waals surface area (Å²) in [5.74, 6) is 1.44. The maximum Gasteiger partial charge on any atom is 0.223 e. The Morgan fingerprint density at radius 2 is 2.32 bits per heavy atom. The minimum Gasteiger partial charge on any atom is -0.497 e. The summed E-state index contributed by atoms with van der Waals surface area (Å²) in [6.45, 7) is 1.79. The van der Waals surface area contributed by atoms with Crippen molar-refractivity contribution in [1.82, 2.24) is 9.97 Å². The molecule has 116 valence electrons. The van der Waals surface area contributed by atoms with Crippen molar-refractivity contribution in [3.05, 3.63) is 42.2 Å². The number of aliphatic hydroxyl groups is 1. The van der Waals surface area contributed by atoms with Crippen LogP contribution in [0.25, 0.3) is 0 Å². The van der Waals surface area contributed by atoms with E-state index in [-0.39, 0.29) is 6.61 Å². The van der Waals surface area contributed by atoms with Crippen molar-refractivity contribution in [3.8, 4) is 5.75 Å². The highest BCUT2D eigenvalue weighted by atomic mass is 16.5. The molecular formula is C16H20N4O2. The van der Waals surface area contributed by atoms with Crippen molar-refractivity contribution < 1.29 is 9.84 Å². The average molecular weight is 300 g/mol. The standard InChI is InChI=1S/C16H20N4O2/c1-22-15-4-2-3-14(9-15)20-8-6-12(10-20)18-16-17-7-5-13(11-21)19-16/h2-5,7,9,12,21H,6,8,10-11H2,1H3,(H,17,18,19). The van der Waals surface area contributed by atoms with E-state index in [4.69, 9.17) is 9.84 Å². The number of methoxy groups -OCH3 is 1. The Labute approximate surface area is 129 Å². The van der Waals surface area contributed by atoms with Gasteiger partial charge < -0.3 is 20.1 Å². The Morgan fingerprint density at radius 1 is 1.41 bits per heavy atom. The fourth-order valence-electron chi connectivity index (χ4n) is 2.66. The molecule has 2 aromatic rings. The summed E-state index contributed by atoms with van der Waals surface area (Å²) < 4.78 is 5.28. The molecule has 0 aliphatic carbocycles. The second-order valence-corrected chi connectivity index (χ2v) is 5.31. The predicted molar refractivity (Wildman–Crippen MR) is 85.2 cm³/mol. The minimum atomic E-state index is -0.0716. The third kappa shape index (κ3) is 3.28. The van der Waals surface area contributed by atoms with E-state index in [1.54, 1.807) is 19.4 Å². The van der Waals surface area contributed by atoms with E-state index < -0.39 is 0 Å². The number of rotatable bonds is 5. The van der Waals surface area contributed by atoms with Gasteiger partial charge in [-0.3, -0.25) is 0 Å². The van der Waals surface area contributed by atoms with E-state index in [2.05, 4.69) is 26.3 Å². The Morgan fingerprint density at radius 3 is 3.14 bits per heavy atom. The monoisotopic (exact) mass is 300 g/mol. The summed E-state index contributed by atoms with van der Waals surface area (Å²) in [7, 11) is 1.68. The van der Waals surface area contributed by atoms with E-state index in [0.717, 1.165) is 30.9 Å². The van der Waals surface area contributed by atoms with Gasteiger partial charge in [0.15, 0.2) is 0 Å². The van der Waals surface area contributed by atoms with Gasteiger partial charge in [0.05, 0.1) is 19.4 Å². The Balaban J connectivity index is 1.64. The normalized spacial score (nSPS) is 17.5. The van der Waals surface area contributed by atoms with Crippen LogP contribution >= 0.6 is 0 Å². The first-order chi connectivity index (χ1) is 10.8. The number of nitrogens with one attached hydrogen (secondary N) is 1. The quantitative estimate of drug-likeness (QED) is 0.875. The van der Waals surface area contributed by atoms with Gasteiger partial charge in [-0.2, -0.15) is 0 Å². The second-order valence-electron chi connectivity index (χ2n) is 5.31. The maximum absolute atomic E-state index is 9.12. The van der Waals surface area contributed by atoms with Gasteiger partial charge in [-0.1, -0.05) is 6.07 Å². The van der Waals surface area contributed by atoms with Crippen LogP contribution in [0.2, 0.25) is 0 Å². The minimum absolute atomic E-state index is 0.0716. The van der Waals surface area contributed by atoms with E-state index >= 15 is 0 Å². The molecule has 1 atom stereocenters. The van der Waals surface area contributed by atoms with Crippen molar-refractivity contribution >= 4 is 11.6 Å². The molecule has 22 heavy (non-hydrogen) atoms. The number of hydrogen-bond acceptors (Lipinski definition) is 6. The smallest absolute Gasteiger partial charge is 0.223 e. The van der Waals surface area contributed by atoms with Crippen molar-refractivity contribution in [2.45, 2.75) is 19.1 Å². The number of anilines is 2. The molecule has 6 nitrogen and oxygen atoms in total. The van der Waals surface area contributed by atoms with Crippen LogP contribution in [0.4, 0.5) is 11.6 Å². The van der Waals surface area contributed by atoms with Gasteiger partial charge >= 0.3 is 0 Å². The largest absolute Gasteiger partial charge is 0.497 e. The van der Waals surface area contributed by atoms with Crippen LogP contribution in [0, 0.1) is 0 Å². The molecule has 2 heterocycles. The molecule has 1 aliphatic heterocycles. The highest BCUT2D eigenvalue weighted by molar-refractivity contribution is 5.52. The maximum atomic E-state index is 9.12. The van der Waals surface area contributed by atoms with E-state index in [9.17, 15) is 0 Å². The van der Waals surface area contributed by atoms with Gasteiger partial charge in [-0.05, 0) is 24.6 Å². The molecular weight excluding hydrogens is 280 g/mol. The van der Waals surface area contributed by atoms with Gasteiger partial charge in [-0.15, -0.1) is 0 Å². The highest BCUT2D eigenvalue weighted by Crippen LogP contribution is 2.25. The number of aromatic nitrogens is 2. The summed E-state index contributed by atoms with van der Waals surface area (Å²) >= 11 is 0.